The minimum Gasteiger partial charge on any atom is -0.298 e. The number of rotatable bonds is 1. The fourth-order valence-corrected chi connectivity index (χ4v) is 1.37. The Morgan fingerprint density at radius 2 is 2.08 bits per heavy atom. The fraction of sp³-hybridized carbons (Fsp3) is 0. The topological polar surface area (TPSA) is 30.0 Å². The summed E-state index contributed by atoms with van der Waals surface area (Å²) in [6.07, 6.45) is 2.47. The van der Waals surface area contributed by atoms with E-state index < -0.39 is 0 Å². The molecule has 1 aromatic heterocycles. The van der Waals surface area contributed by atoms with Gasteiger partial charge in [-0.05, 0) is 17.5 Å². The van der Waals surface area contributed by atoms with Crippen molar-refractivity contribution in [1.29, 1.82) is 0 Å². The lowest BCUT2D eigenvalue weighted by Crippen LogP contribution is -1.81. The van der Waals surface area contributed by atoms with Gasteiger partial charge in [-0.15, -0.1) is 0 Å². The number of fused-ring (bicyclic) bond motifs is 1. The molecule has 13 heavy (non-hydrogen) atoms. The van der Waals surface area contributed by atoms with Gasteiger partial charge in [0.1, 0.15) is 11.4 Å². The van der Waals surface area contributed by atoms with Gasteiger partial charge in [0.05, 0.1) is 0 Å². The minimum atomic E-state index is 0.464. The number of hydrogen-bond acceptors (Lipinski definition) is 2. The molecule has 2 rings (SSSR count). The highest BCUT2D eigenvalue weighted by Crippen LogP contribution is 2.17. The molecule has 2 aromatic rings. The predicted molar refractivity (Wildman–Crippen MR) is 52.1 cm³/mol. The standard InChI is InChI=1S/C10H6ClNO/c11-10-4-8-2-1-7(6-13)3-9(8)5-12-10/h1-6H. The summed E-state index contributed by atoms with van der Waals surface area (Å²) < 4.78 is 0. The molecule has 64 valence electrons. The summed E-state index contributed by atoms with van der Waals surface area (Å²) in [5, 5.41) is 2.38. The molecule has 0 N–H and O–H groups in total. The first-order chi connectivity index (χ1) is 6.29. The van der Waals surface area contributed by atoms with Crippen LogP contribution in [0.15, 0.2) is 30.5 Å². The van der Waals surface area contributed by atoms with E-state index in [0.717, 1.165) is 17.1 Å². The SMILES string of the molecule is O=Cc1ccc2cc(Cl)ncc2c1. The van der Waals surface area contributed by atoms with Crippen LogP contribution in [0.5, 0.6) is 0 Å². The Labute approximate surface area is 80.2 Å². The maximum Gasteiger partial charge on any atom is 0.150 e. The molecule has 0 aliphatic heterocycles. The summed E-state index contributed by atoms with van der Waals surface area (Å²) in [4.78, 5) is 14.4. The maximum atomic E-state index is 10.5. The van der Waals surface area contributed by atoms with Crippen LogP contribution in [0, 0.1) is 0 Å². The zero-order valence-electron chi connectivity index (χ0n) is 6.70. The summed E-state index contributed by atoms with van der Waals surface area (Å²) in [7, 11) is 0. The summed E-state index contributed by atoms with van der Waals surface area (Å²) in [5.74, 6) is 0. The van der Waals surface area contributed by atoms with Crippen molar-refractivity contribution < 1.29 is 4.79 Å². The lowest BCUT2D eigenvalue weighted by molar-refractivity contribution is 0.112. The summed E-state index contributed by atoms with van der Waals surface area (Å²) >= 11 is 5.71. The Hall–Kier alpha value is -1.41. The van der Waals surface area contributed by atoms with Crippen molar-refractivity contribution in [2.24, 2.45) is 0 Å². The number of carbonyl (C=O) groups is 1. The average molecular weight is 192 g/mol. The normalized spacial score (nSPS) is 10.2. The van der Waals surface area contributed by atoms with Crippen LogP contribution in [-0.4, -0.2) is 11.3 Å². The fourth-order valence-electron chi connectivity index (χ4n) is 1.21. The third-order valence-corrected chi connectivity index (χ3v) is 2.06. The second-order valence-corrected chi connectivity index (χ2v) is 3.12. The molecule has 1 heterocycles. The Kier molecular flexibility index (Phi) is 1.99. The molecule has 0 saturated heterocycles. The first-order valence-electron chi connectivity index (χ1n) is 3.80. The van der Waals surface area contributed by atoms with E-state index >= 15 is 0 Å². The van der Waals surface area contributed by atoms with E-state index in [2.05, 4.69) is 4.98 Å². The molecule has 0 aliphatic carbocycles. The number of pyridine rings is 1. The van der Waals surface area contributed by atoms with E-state index in [9.17, 15) is 4.79 Å². The van der Waals surface area contributed by atoms with Crippen molar-refractivity contribution in [2.45, 2.75) is 0 Å². The molecule has 0 atom stereocenters. The Morgan fingerprint density at radius 3 is 2.85 bits per heavy atom. The number of halogens is 1. The van der Waals surface area contributed by atoms with Crippen LogP contribution < -0.4 is 0 Å². The second-order valence-electron chi connectivity index (χ2n) is 2.73. The van der Waals surface area contributed by atoms with Crippen molar-refractivity contribution in [2.75, 3.05) is 0 Å². The molecule has 0 aliphatic rings. The Bertz CT molecular complexity index is 467. The van der Waals surface area contributed by atoms with Crippen molar-refractivity contribution in [3.05, 3.63) is 41.2 Å². The molecule has 0 spiro atoms. The van der Waals surface area contributed by atoms with Crippen LogP contribution >= 0.6 is 11.6 Å². The highest BCUT2D eigenvalue weighted by atomic mass is 35.5. The van der Waals surface area contributed by atoms with Gasteiger partial charge in [-0.2, -0.15) is 0 Å². The molecular formula is C10H6ClNO. The van der Waals surface area contributed by atoms with E-state index in [1.807, 2.05) is 6.07 Å². The Balaban J connectivity index is 2.73. The van der Waals surface area contributed by atoms with E-state index in [4.69, 9.17) is 11.6 Å². The van der Waals surface area contributed by atoms with E-state index in [1.165, 1.54) is 0 Å². The van der Waals surface area contributed by atoms with Gasteiger partial charge in [0, 0.05) is 17.1 Å². The van der Waals surface area contributed by atoms with Gasteiger partial charge in [-0.3, -0.25) is 4.79 Å². The van der Waals surface area contributed by atoms with Crippen LogP contribution in [0.1, 0.15) is 10.4 Å². The van der Waals surface area contributed by atoms with Gasteiger partial charge < -0.3 is 0 Å². The largest absolute Gasteiger partial charge is 0.298 e. The maximum absolute atomic E-state index is 10.5. The lowest BCUT2D eigenvalue weighted by atomic mass is 10.1. The van der Waals surface area contributed by atoms with Gasteiger partial charge in [-0.25, -0.2) is 4.98 Å². The Morgan fingerprint density at radius 1 is 1.23 bits per heavy atom. The number of aldehydes is 1. The van der Waals surface area contributed by atoms with Crippen molar-refractivity contribution in [1.82, 2.24) is 4.98 Å². The molecule has 0 saturated carbocycles. The van der Waals surface area contributed by atoms with Gasteiger partial charge in [0.25, 0.3) is 0 Å². The average Bonchev–Trinajstić information content (AvgIpc) is 2.17. The molecule has 0 unspecified atom stereocenters. The molecule has 0 radical (unpaired) electrons. The van der Waals surface area contributed by atoms with E-state index in [0.29, 0.717) is 10.7 Å². The van der Waals surface area contributed by atoms with Crippen LogP contribution in [0.25, 0.3) is 10.8 Å². The number of nitrogens with zero attached hydrogens (tertiary/aromatic N) is 1. The first-order valence-corrected chi connectivity index (χ1v) is 4.18. The zero-order valence-corrected chi connectivity index (χ0v) is 7.45. The third kappa shape index (κ3) is 1.53. The van der Waals surface area contributed by atoms with Gasteiger partial charge in [0.15, 0.2) is 0 Å². The van der Waals surface area contributed by atoms with Crippen LogP contribution in [0.4, 0.5) is 0 Å². The monoisotopic (exact) mass is 191 g/mol. The molecule has 1 aromatic carbocycles. The van der Waals surface area contributed by atoms with Crippen LogP contribution in [0.2, 0.25) is 5.15 Å². The highest BCUT2D eigenvalue weighted by Gasteiger charge is 1.96. The minimum absolute atomic E-state index is 0.464. The zero-order chi connectivity index (χ0) is 9.26. The molecule has 2 nitrogen and oxygen atoms in total. The van der Waals surface area contributed by atoms with Gasteiger partial charge in [0.2, 0.25) is 0 Å². The van der Waals surface area contributed by atoms with Crippen LogP contribution in [0.3, 0.4) is 0 Å². The molecule has 0 amide bonds. The predicted octanol–water partition coefficient (Wildman–Crippen LogP) is 2.70. The smallest absolute Gasteiger partial charge is 0.150 e. The third-order valence-electron chi connectivity index (χ3n) is 1.85. The summed E-state index contributed by atoms with van der Waals surface area (Å²) in [6.45, 7) is 0. The number of hydrogen-bond donors (Lipinski definition) is 0. The highest BCUT2D eigenvalue weighted by molar-refractivity contribution is 6.30. The quantitative estimate of drug-likeness (QED) is 0.513. The number of aromatic nitrogens is 1. The number of benzene rings is 1. The second kappa shape index (κ2) is 3.15. The van der Waals surface area contributed by atoms with Crippen molar-refractivity contribution in [3.63, 3.8) is 0 Å². The van der Waals surface area contributed by atoms with E-state index in [-0.39, 0.29) is 0 Å². The van der Waals surface area contributed by atoms with Crippen molar-refractivity contribution in [3.8, 4) is 0 Å². The molecule has 0 fully saturated rings. The lowest BCUT2D eigenvalue weighted by Gasteiger charge is -1.97. The van der Waals surface area contributed by atoms with Crippen LogP contribution in [-0.2, 0) is 0 Å². The van der Waals surface area contributed by atoms with Gasteiger partial charge in [-0.1, -0.05) is 23.7 Å². The molecule has 3 heteroatoms. The molecular weight excluding hydrogens is 186 g/mol. The summed E-state index contributed by atoms with van der Waals surface area (Å²) in [6, 6.07) is 7.16. The molecule has 0 bridgehead atoms. The van der Waals surface area contributed by atoms with E-state index in [1.54, 1.807) is 24.4 Å². The number of carbonyl (C=O) groups excluding carboxylic acids is 1. The summed E-state index contributed by atoms with van der Waals surface area (Å²) in [5.41, 5.74) is 0.650. The van der Waals surface area contributed by atoms with Gasteiger partial charge >= 0.3 is 0 Å². The van der Waals surface area contributed by atoms with Crippen molar-refractivity contribution >= 4 is 28.7 Å². The first kappa shape index (κ1) is 8.20.